The predicted octanol–water partition coefficient (Wildman–Crippen LogP) is 4.83. The summed E-state index contributed by atoms with van der Waals surface area (Å²) in [7, 11) is 0. The van der Waals surface area contributed by atoms with Crippen molar-refractivity contribution in [2.24, 2.45) is 0 Å². The van der Waals surface area contributed by atoms with Crippen molar-refractivity contribution >= 4 is 23.4 Å². The lowest BCUT2D eigenvalue weighted by molar-refractivity contribution is 0.0992. The van der Waals surface area contributed by atoms with Gasteiger partial charge in [0.2, 0.25) is 0 Å². The molecule has 2 aromatic carbocycles. The molecule has 0 aliphatic heterocycles. The van der Waals surface area contributed by atoms with Crippen molar-refractivity contribution in [1.29, 1.82) is 0 Å². The summed E-state index contributed by atoms with van der Waals surface area (Å²) >= 11 is 1.58. The van der Waals surface area contributed by atoms with Gasteiger partial charge in [0.05, 0.1) is 5.69 Å². The lowest BCUT2D eigenvalue weighted by atomic mass is 10.3. The summed E-state index contributed by atoms with van der Waals surface area (Å²) in [5, 5.41) is 2.87. The Morgan fingerprint density at radius 1 is 1.04 bits per heavy atom. The Bertz CT molecular complexity index is 814. The van der Waals surface area contributed by atoms with Crippen LogP contribution in [0.3, 0.4) is 0 Å². The summed E-state index contributed by atoms with van der Waals surface area (Å²) in [6, 6.07) is 20.5. The maximum absolute atomic E-state index is 12.3. The highest BCUT2D eigenvalue weighted by Crippen LogP contribution is 2.25. The van der Waals surface area contributed by atoms with Crippen LogP contribution in [-0.4, -0.2) is 12.2 Å². The fraction of sp³-hybridized carbons (Fsp3) is 0.105. The number of thioether (sulfide) groups is 1. The summed E-state index contributed by atoms with van der Waals surface area (Å²) in [6.45, 7) is 0.276. The molecule has 1 N–H and O–H groups in total. The quantitative estimate of drug-likeness (QED) is 0.653. The number of nitrogens with one attached hydrogen (secondary N) is 1. The van der Waals surface area contributed by atoms with Gasteiger partial charge in [0, 0.05) is 4.90 Å². The first-order valence-corrected chi connectivity index (χ1v) is 8.69. The topological polar surface area (TPSA) is 51.5 Å². The van der Waals surface area contributed by atoms with Crippen molar-refractivity contribution in [1.82, 2.24) is 0 Å². The van der Waals surface area contributed by atoms with Crippen molar-refractivity contribution in [3.8, 4) is 5.75 Å². The third kappa shape index (κ3) is 4.00. The number of carbonyl (C=O) groups excluding carboxylic acids is 1. The minimum Gasteiger partial charge on any atom is -0.486 e. The number of rotatable bonds is 6. The smallest absolute Gasteiger partial charge is 0.291 e. The normalized spacial score (nSPS) is 10.4. The molecule has 0 fully saturated rings. The second kappa shape index (κ2) is 7.75. The Morgan fingerprint density at radius 2 is 1.79 bits per heavy atom. The van der Waals surface area contributed by atoms with Gasteiger partial charge in [0.15, 0.2) is 5.76 Å². The fourth-order valence-electron chi connectivity index (χ4n) is 2.18. The van der Waals surface area contributed by atoms with Crippen LogP contribution < -0.4 is 10.1 Å². The molecule has 0 saturated heterocycles. The van der Waals surface area contributed by atoms with E-state index < -0.39 is 0 Å². The highest BCUT2D eigenvalue weighted by molar-refractivity contribution is 7.98. The lowest BCUT2D eigenvalue weighted by Gasteiger charge is -2.07. The number of furan rings is 1. The van der Waals surface area contributed by atoms with E-state index in [-0.39, 0.29) is 18.3 Å². The van der Waals surface area contributed by atoms with Gasteiger partial charge in [-0.15, -0.1) is 11.8 Å². The minimum atomic E-state index is -0.275. The highest BCUT2D eigenvalue weighted by atomic mass is 32.2. The molecule has 3 rings (SSSR count). The average Bonchev–Trinajstić information content (AvgIpc) is 3.10. The number of ether oxygens (including phenoxy) is 1. The van der Waals surface area contributed by atoms with Crippen LogP contribution in [0.2, 0.25) is 0 Å². The van der Waals surface area contributed by atoms with E-state index in [0.717, 1.165) is 16.3 Å². The van der Waals surface area contributed by atoms with Crippen LogP contribution >= 0.6 is 11.8 Å². The molecule has 0 spiro atoms. The molecule has 3 aromatic rings. The molecular weight excluding hydrogens is 322 g/mol. The summed E-state index contributed by atoms with van der Waals surface area (Å²) in [5.74, 6) is 1.34. The van der Waals surface area contributed by atoms with Gasteiger partial charge in [-0.05, 0) is 42.7 Å². The van der Waals surface area contributed by atoms with E-state index in [9.17, 15) is 4.79 Å². The SMILES string of the molecule is CSc1ccccc1NC(=O)c1ccc(COc2ccccc2)o1. The average molecular weight is 339 g/mol. The first-order valence-electron chi connectivity index (χ1n) is 7.47. The maximum Gasteiger partial charge on any atom is 0.291 e. The van der Waals surface area contributed by atoms with Gasteiger partial charge < -0.3 is 14.5 Å². The Labute approximate surface area is 144 Å². The second-order valence-corrected chi connectivity index (χ2v) is 5.87. The number of hydrogen-bond acceptors (Lipinski definition) is 4. The molecule has 5 heteroatoms. The molecule has 0 bridgehead atoms. The van der Waals surface area contributed by atoms with Crippen LogP contribution in [0.1, 0.15) is 16.3 Å². The van der Waals surface area contributed by atoms with Crippen LogP contribution in [0.15, 0.2) is 76.0 Å². The Balaban J connectivity index is 1.63. The van der Waals surface area contributed by atoms with Gasteiger partial charge in [-0.1, -0.05) is 30.3 Å². The zero-order valence-electron chi connectivity index (χ0n) is 13.2. The van der Waals surface area contributed by atoms with E-state index in [1.807, 2.05) is 60.9 Å². The first-order chi connectivity index (χ1) is 11.8. The van der Waals surface area contributed by atoms with E-state index in [1.54, 1.807) is 23.9 Å². The van der Waals surface area contributed by atoms with Crippen LogP contribution in [-0.2, 0) is 6.61 Å². The van der Waals surface area contributed by atoms with E-state index in [2.05, 4.69) is 5.32 Å². The highest BCUT2D eigenvalue weighted by Gasteiger charge is 2.13. The van der Waals surface area contributed by atoms with Crippen LogP contribution in [0.4, 0.5) is 5.69 Å². The molecule has 0 aliphatic carbocycles. The molecule has 122 valence electrons. The fourth-order valence-corrected chi connectivity index (χ4v) is 2.73. The third-order valence-corrected chi connectivity index (χ3v) is 4.16. The maximum atomic E-state index is 12.3. The van der Waals surface area contributed by atoms with E-state index in [1.165, 1.54) is 0 Å². The van der Waals surface area contributed by atoms with Gasteiger partial charge in [0.1, 0.15) is 18.1 Å². The molecule has 0 unspecified atom stereocenters. The molecule has 0 saturated carbocycles. The number of anilines is 1. The largest absolute Gasteiger partial charge is 0.486 e. The van der Waals surface area contributed by atoms with E-state index in [0.29, 0.717) is 5.76 Å². The molecule has 4 nitrogen and oxygen atoms in total. The second-order valence-electron chi connectivity index (χ2n) is 5.02. The molecule has 0 radical (unpaired) electrons. The van der Waals surface area contributed by atoms with Crippen LogP contribution in [0, 0.1) is 0 Å². The monoisotopic (exact) mass is 339 g/mol. The summed E-state index contributed by atoms with van der Waals surface area (Å²) in [4.78, 5) is 13.3. The minimum absolute atomic E-state index is 0.262. The zero-order chi connectivity index (χ0) is 16.8. The van der Waals surface area contributed by atoms with Gasteiger partial charge in [-0.25, -0.2) is 0 Å². The predicted molar refractivity (Wildman–Crippen MR) is 95.7 cm³/mol. The zero-order valence-corrected chi connectivity index (χ0v) is 14.0. The number of amides is 1. The van der Waals surface area contributed by atoms with Crippen LogP contribution in [0.5, 0.6) is 5.75 Å². The Hall–Kier alpha value is -2.66. The lowest BCUT2D eigenvalue weighted by Crippen LogP contribution is -2.11. The van der Waals surface area contributed by atoms with Gasteiger partial charge in [-0.2, -0.15) is 0 Å². The molecular formula is C19H17NO3S. The van der Waals surface area contributed by atoms with Crippen molar-refractivity contribution in [3.63, 3.8) is 0 Å². The molecule has 1 amide bonds. The van der Waals surface area contributed by atoms with Crippen molar-refractivity contribution in [3.05, 3.63) is 78.3 Å². The van der Waals surface area contributed by atoms with Gasteiger partial charge >= 0.3 is 0 Å². The molecule has 0 atom stereocenters. The number of hydrogen-bond donors (Lipinski definition) is 1. The first kappa shape index (κ1) is 16.2. The third-order valence-electron chi connectivity index (χ3n) is 3.36. The van der Waals surface area contributed by atoms with E-state index in [4.69, 9.17) is 9.15 Å². The molecule has 1 heterocycles. The van der Waals surface area contributed by atoms with Gasteiger partial charge in [0.25, 0.3) is 5.91 Å². The number of carbonyl (C=O) groups is 1. The van der Waals surface area contributed by atoms with Crippen molar-refractivity contribution in [2.45, 2.75) is 11.5 Å². The Kier molecular flexibility index (Phi) is 5.23. The van der Waals surface area contributed by atoms with Crippen molar-refractivity contribution < 1.29 is 13.9 Å². The summed E-state index contributed by atoms with van der Waals surface area (Å²) in [6.07, 6.45) is 1.97. The molecule has 0 aliphatic rings. The Morgan fingerprint density at radius 3 is 2.58 bits per heavy atom. The number of benzene rings is 2. The van der Waals surface area contributed by atoms with Crippen molar-refractivity contribution in [2.75, 3.05) is 11.6 Å². The summed E-state index contributed by atoms with van der Waals surface area (Å²) < 4.78 is 11.2. The number of para-hydroxylation sites is 2. The van der Waals surface area contributed by atoms with Crippen LogP contribution in [0.25, 0.3) is 0 Å². The summed E-state index contributed by atoms with van der Waals surface area (Å²) in [5.41, 5.74) is 0.772. The standard InChI is InChI=1S/C19H17NO3S/c1-24-18-10-6-5-9-16(18)20-19(21)17-12-11-15(23-17)13-22-14-7-3-2-4-8-14/h2-12H,13H2,1H3,(H,20,21). The van der Waals surface area contributed by atoms with Gasteiger partial charge in [-0.3, -0.25) is 4.79 Å². The molecule has 24 heavy (non-hydrogen) atoms. The molecule has 1 aromatic heterocycles. The van der Waals surface area contributed by atoms with E-state index >= 15 is 0 Å².